The molecule has 3 aliphatic rings. The first-order valence-electron chi connectivity index (χ1n) is 9.40. The van der Waals surface area contributed by atoms with Crippen LogP contribution in [0.4, 0.5) is 10.5 Å². The molecule has 3 heterocycles. The summed E-state index contributed by atoms with van der Waals surface area (Å²) >= 11 is 0. The number of urea groups is 1. The highest BCUT2D eigenvalue weighted by Gasteiger charge is 2.44. The highest BCUT2D eigenvalue weighted by molar-refractivity contribution is 5.90. The number of hydrogen-bond donors (Lipinski definition) is 1. The summed E-state index contributed by atoms with van der Waals surface area (Å²) in [6.07, 6.45) is 7.70. The summed E-state index contributed by atoms with van der Waals surface area (Å²) in [5.41, 5.74) is 2.50. The lowest BCUT2D eigenvalue weighted by Crippen LogP contribution is -2.36. The van der Waals surface area contributed by atoms with Gasteiger partial charge in [-0.3, -0.25) is 4.68 Å². The summed E-state index contributed by atoms with van der Waals surface area (Å²) < 4.78 is 2.09. The Hall–Kier alpha value is -1.56. The first-order chi connectivity index (χ1) is 11.6. The number of aryl methyl sites for hydroxylation is 1. The summed E-state index contributed by atoms with van der Waals surface area (Å²) in [5.74, 6) is 0.586. The minimum Gasteiger partial charge on any atom is -0.324 e. The number of nitrogens with one attached hydrogen (secondary N) is 1. The van der Waals surface area contributed by atoms with Crippen LogP contribution in [-0.2, 0) is 6.54 Å². The number of anilines is 1. The van der Waals surface area contributed by atoms with E-state index in [-0.39, 0.29) is 6.03 Å². The van der Waals surface area contributed by atoms with Crippen molar-refractivity contribution in [2.24, 2.45) is 5.41 Å². The predicted molar refractivity (Wildman–Crippen MR) is 94.2 cm³/mol. The average molecular weight is 331 g/mol. The Morgan fingerprint density at radius 2 is 2.12 bits per heavy atom. The molecule has 1 aromatic rings. The number of likely N-dealkylation sites (tertiary alicyclic amines) is 2. The highest BCUT2D eigenvalue weighted by atomic mass is 16.2. The van der Waals surface area contributed by atoms with Crippen molar-refractivity contribution < 1.29 is 4.79 Å². The largest absolute Gasteiger partial charge is 0.324 e. The van der Waals surface area contributed by atoms with Crippen molar-refractivity contribution in [1.82, 2.24) is 19.6 Å². The van der Waals surface area contributed by atoms with Crippen molar-refractivity contribution in [1.29, 1.82) is 0 Å². The molecule has 1 atom stereocenters. The monoisotopic (exact) mass is 331 g/mol. The van der Waals surface area contributed by atoms with Crippen LogP contribution in [0.2, 0.25) is 0 Å². The lowest BCUT2D eigenvalue weighted by Gasteiger charge is -2.24. The molecule has 132 valence electrons. The van der Waals surface area contributed by atoms with E-state index >= 15 is 0 Å². The maximum atomic E-state index is 12.8. The van der Waals surface area contributed by atoms with Crippen molar-refractivity contribution in [3.05, 3.63) is 11.9 Å². The summed E-state index contributed by atoms with van der Waals surface area (Å²) in [5, 5.41) is 7.66. The van der Waals surface area contributed by atoms with Crippen LogP contribution in [0.3, 0.4) is 0 Å². The lowest BCUT2D eigenvalue weighted by molar-refractivity contribution is 0.212. The van der Waals surface area contributed by atoms with Crippen molar-refractivity contribution in [2.45, 2.75) is 51.5 Å². The van der Waals surface area contributed by atoms with Gasteiger partial charge in [0.15, 0.2) is 0 Å². The van der Waals surface area contributed by atoms with Crippen LogP contribution in [0, 0.1) is 5.41 Å². The third-order valence-corrected chi connectivity index (χ3v) is 5.88. The van der Waals surface area contributed by atoms with E-state index < -0.39 is 0 Å². The van der Waals surface area contributed by atoms with Crippen LogP contribution in [-0.4, -0.2) is 58.8 Å². The number of nitrogens with zero attached hydrogens (tertiary/aromatic N) is 4. The van der Waals surface area contributed by atoms with Gasteiger partial charge in [0, 0.05) is 37.5 Å². The van der Waals surface area contributed by atoms with Gasteiger partial charge >= 0.3 is 6.03 Å². The molecule has 4 rings (SSSR count). The number of amides is 2. The number of aromatic nitrogens is 2. The smallest absolute Gasteiger partial charge is 0.321 e. The molecule has 0 radical (unpaired) electrons. The normalized spacial score (nSPS) is 27.3. The van der Waals surface area contributed by atoms with Gasteiger partial charge in [0.25, 0.3) is 0 Å². The fraction of sp³-hybridized carbons (Fsp3) is 0.778. The van der Waals surface area contributed by atoms with Gasteiger partial charge in [0.05, 0.1) is 17.6 Å². The Bertz CT molecular complexity index is 623. The molecule has 24 heavy (non-hydrogen) atoms. The second kappa shape index (κ2) is 6.06. The van der Waals surface area contributed by atoms with E-state index in [2.05, 4.69) is 34.0 Å². The zero-order chi connectivity index (χ0) is 16.7. The summed E-state index contributed by atoms with van der Waals surface area (Å²) in [4.78, 5) is 17.2. The average Bonchev–Trinajstić information content (AvgIpc) is 3.02. The molecule has 6 nitrogen and oxygen atoms in total. The van der Waals surface area contributed by atoms with Crippen molar-refractivity contribution in [3.8, 4) is 0 Å². The topological polar surface area (TPSA) is 53.4 Å². The zero-order valence-corrected chi connectivity index (χ0v) is 14.9. The maximum Gasteiger partial charge on any atom is 0.321 e. The lowest BCUT2D eigenvalue weighted by atomic mass is 9.86. The molecule has 0 aromatic carbocycles. The second-order valence-electron chi connectivity index (χ2n) is 8.03. The molecule has 1 spiro atoms. The van der Waals surface area contributed by atoms with Crippen LogP contribution in [0.1, 0.15) is 50.6 Å². The van der Waals surface area contributed by atoms with Crippen LogP contribution in [0.5, 0.6) is 0 Å². The Balaban J connectivity index is 1.43. The van der Waals surface area contributed by atoms with E-state index in [0.29, 0.717) is 11.3 Å². The maximum absolute atomic E-state index is 12.8. The minimum absolute atomic E-state index is 0.0550. The molecule has 2 saturated heterocycles. The quantitative estimate of drug-likeness (QED) is 0.923. The molecular formula is C18H29N5O. The number of carbonyl (C=O) groups is 1. The van der Waals surface area contributed by atoms with Gasteiger partial charge < -0.3 is 15.1 Å². The van der Waals surface area contributed by atoms with Gasteiger partial charge in [0.1, 0.15) is 0 Å². The summed E-state index contributed by atoms with van der Waals surface area (Å²) in [7, 11) is 2.18. The van der Waals surface area contributed by atoms with E-state index in [0.717, 1.165) is 51.3 Å². The Kier molecular flexibility index (Phi) is 4.03. The van der Waals surface area contributed by atoms with E-state index in [1.807, 2.05) is 11.1 Å². The number of hydrogen-bond acceptors (Lipinski definition) is 3. The molecule has 1 saturated carbocycles. The van der Waals surface area contributed by atoms with Crippen LogP contribution in [0.25, 0.3) is 0 Å². The molecule has 0 bridgehead atoms. The third kappa shape index (κ3) is 2.92. The van der Waals surface area contributed by atoms with Crippen molar-refractivity contribution >= 4 is 11.7 Å². The van der Waals surface area contributed by atoms with Crippen LogP contribution in [0.15, 0.2) is 6.20 Å². The molecule has 1 unspecified atom stereocenters. The third-order valence-electron chi connectivity index (χ3n) is 5.88. The zero-order valence-electron chi connectivity index (χ0n) is 14.9. The molecule has 1 N–H and O–H groups in total. The Morgan fingerprint density at radius 3 is 2.79 bits per heavy atom. The highest BCUT2D eigenvalue weighted by Crippen LogP contribution is 2.44. The second-order valence-corrected chi connectivity index (χ2v) is 8.03. The Morgan fingerprint density at radius 1 is 1.33 bits per heavy atom. The van der Waals surface area contributed by atoms with Gasteiger partial charge in [-0.1, -0.05) is 6.92 Å². The summed E-state index contributed by atoms with van der Waals surface area (Å²) in [6.45, 7) is 7.15. The van der Waals surface area contributed by atoms with Gasteiger partial charge in [-0.2, -0.15) is 5.10 Å². The van der Waals surface area contributed by atoms with Crippen molar-refractivity contribution in [2.75, 3.05) is 38.5 Å². The van der Waals surface area contributed by atoms with Crippen LogP contribution < -0.4 is 5.32 Å². The molecule has 1 aromatic heterocycles. The number of carbonyl (C=O) groups excluding carboxylic acids is 1. The number of rotatable bonds is 4. The fourth-order valence-corrected chi connectivity index (χ4v) is 4.46. The van der Waals surface area contributed by atoms with E-state index in [1.54, 1.807) is 0 Å². The van der Waals surface area contributed by atoms with Crippen molar-refractivity contribution in [3.63, 3.8) is 0 Å². The van der Waals surface area contributed by atoms with E-state index in [1.165, 1.54) is 25.0 Å². The molecule has 2 amide bonds. The first kappa shape index (κ1) is 15.9. The van der Waals surface area contributed by atoms with Gasteiger partial charge in [-0.05, 0) is 45.7 Å². The first-order valence-corrected chi connectivity index (χ1v) is 9.40. The molecular weight excluding hydrogens is 302 g/mol. The summed E-state index contributed by atoms with van der Waals surface area (Å²) in [6, 6.07) is 0.0550. The van der Waals surface area contributed by atoms with Gasteiger partial charge in [0.2, 0.25) is 0 Å². The minimum atomic E-state index is 0.0550. The van der Waals surface area contributed by atoms with Crippen LogP contribution >= 0.6 is 0 Å². The standard InChI is InChI=1S/C18H29N5O/c1-3-8-23-16(14-4-5-14)15(11-19-23)20-17(24)22-10-7-18(13-22)6-9-21(2)12-18/h11,14H,3-10,12-13H2,1-2H3,(H,20,24). The van der Waals surface area contributed by atoms with E-state index in [9.17, 15) is 4.79 Å². The molecule has 1 aliphatic carbocycles. The van der Waals surface area contributed by atoms with E-state index in [4.69, 9.17) is 0 Å². The predicted octanol–water partition coefficient (Wildman–Crippen LogP) is 2.73. The Labute approximate surface area is 144 Å². The van der Waals surface area contributed by atoms with Gasteiger partial charge in [-0.25, -0.2) is 4.79 Å². The SMILES string of the molecule is CCCn1ncc(NC(=O)N2CCC3(CCN(C)C3)C2)c1C1CC1. The molecule has 6 heteroatoms. The molecule has 2 aliphatic heterocycles. The van der Waals surface area contributed by atoms with Gasteiger partial charge in [-0.15, -0.1) is 0 Å². The molecule has 3 fully saturated rings. The fourth-order valence-electron chi connectivity index (χ4n) is 4.46.